The van der Waals surface area contributed by atoms with E-state index in [1.54, 1.807) is 23.0 Å². The third-order valence-corrected chi connectivity index (χ3v) is 3.36. The highest BCUT2D eigenvalue weighted by molar-refractivity contribution is 5.87. The number of nitrogens with zero attached hydrogens (tertiary/aromatic N) is 3. The monoisotopic (exact) mass is 327 g/mol. The van der Waals surface area contributed by atoms with E-state index >= 15 is 0 Å². The van der Waals surface area contributed by atoms with Gasteiger partial charge < -0.3 is 14.8 Å². The molecule has 1 atom stereocenters. The predicted molar refractivity (Wildman–Crippen MR) is 86.3 cm³/mol. The van der Waals surface area contributed by atoms with Crippen LogP contribution in [0, 0.1) is 0 Å². The topological polar surface area (TPSA) is 105 Å². The number of hydrogen-bond acceptors (Lipinski definition) is 5. The first-order chi connectivity index (χ1) is 11.7. The summed E-state index contributed by atoms with van der Waals surface area (Å²) in [6.07, 6.45) is 2.10. The number of carbonyl (C=O) groups excluding carboxylic acids is 1. The maximum absolute atomic E-state index is 11.9. The molecule has 8 nitrogen and oxygen atoms in total. The van der Waals surface area contributed by atoms with Crippen LogP contribution in [0.25, 0.3) is 0 Å². The highest BCUT2D eigenvalue weighted by Crippen LogP contribution is 2.12. The van der Waals surface area contributed by atoms with E-state index in [1.165, 1.54) is 6.26 Å². The summed E-state index contributed by atoms with van der Waals surface area (Å²) in [6, 6.07) is 12.6. The molecule has 8 heteroatoms. The zero-order valence-corrected chi connectivity index (χ0v) is 12.8. The van der Waals surface area contributed by atoms with Gasteiger partial charge in [-0.2, -0.15) is 0 Å². The van der Waals surface area contributed by atoms with Gasteiger partial charge in [0.2, 0.25) is 5.95 Å². The molecule has 0 saturated heterocycles. The van der Waals surface area contributed by atoms with Gasteiger partial charge in [-0.05, 0) is 17.7 Å². The van der Waals surface area contributed by atoms with Crippen LogP contribution in [-0.2, 0) is 6.54 Å². The Hall–Kier alpha value is -3.13. The Balaban J connectivity index is 1.54. The van der Waals surface area contributed by atoms with Gasteiger partial charge in [0.1, 0.15) is 18.2 Å². The summed E-state index contributed by atoms with van der Waals surface area (Å²) in [4.78, 5) is 11.9. The number of aliphatic hydroxyl groups is 1. The molecule has 2 heterocycles. The second-order valence-corrected chi connectivity index (χ2v) is 5.13. The molecule has 3 N–H and O–H groups in total. The van der Waals surface area contributed by atoms with E-state index in [1.807, 2.05) is 30.3 Å². The Morgan fingerprint density at radius 2 is 2.08 bits per heavy atom. The van der Waals surface area contributed by atoms with Gasteiger partial charge in [-0.15, -0.1) is 10.2 Å². The molecule has 0 aliphatic heterocycles. The first-order valence-corrected chi connectivity index (χ1v) is 7.40. The zero-order chi connectivity index (χ0) is 16.8. The summed E-state index contributed by atoms with van der Waals surface area (Å²) < 4.78 is 6.79. The van der Waals surface area contributed by atoms with Crippen molar-refractivity contribution >= 4 is 12.0 Å². The van der Waals surface area contributed by atoms with E-state index in [9.17, 15) is 9.90 Å². The number of rotatable bonds is 6. The predicted octanol–water partition coefficient (Wildman–Crippen LogP) is 1.77. The van der Waals surface area contributed by atoms with Gasteiger partial charge in [-0.25, -0.2) is 4.79 Å². The molecular weight excluding hydrogens is 310 g/mol. The average Bonchev–Trinajstić information content (AvgIpc) is 3.26. The van der Waals surface area contributed by atoms with Gasteiger partial charge in [-0.1, -0.05) is 30.3 Å². The lowest BCUT2D eigenvalue weighted by Gasteiger charge is -2.11. The second kappa shape index (κ2) is 7.42. The molecule has 124 valence electrons. The molecule has 0 unspecified atom stereocenters. The molecule has 2 amide bonds. The van der Waals surface area contributed by atoms with Crippen LogP contribution in [0.5, 0.6) is 0 Å². The lowest BCUT2D eigenvalue weighted by Crippen LogP contribution is -2.33. The van der Waals surface area contributed by atoms with Gasteiger partial charge >= 0.3 is 6.03 Å². The minimum absolute atomic E-state index is 0.0200. The van der Waals surface area contributed by atoms with Crippen LogP contribution >= 0.6 is 0 Å². The van der Waals surface area contributed by atoms with Crippen LogP contribution in [0.1, 0.15) is 17.4 Å². The number of aliphatic hydroxyl groups excluding tert-OH is 1. The Labute approximate surface area is 138 Å². The number of furan rings is 1. The van der Waals surface area contributed by atoms with E-state index in [0.717, 1.165) is 5.56 Å². The fraction of sp³-hybridized carbons (Fsp3) is 0.188. The SMILES string of the molecule is O=C(NC[C@@H](O)c1ccco1)Nc1nncn1Cc1ccccc1. The second-order valence-electron chi connectivity index (χ2n) is 5.13. The normalized spacial score (nSPS) is 11.9. The Bertz CT molecular complexity index is 770. The summed E-state index contributed by atoms with van der Waals surface area (Å²) in [5.41, 5.74) is 1.06. The van der Waals surface area contributed by atoms with Crippen LogP contribution in [0.3, 0.4) is 0 Å². The maximum Gasteiger partial charge on any atom is 0.321 e. The highest BCUT2D eigenvalue weighted by Gasteiger charge is 2.13. The maximum atomic E-state index is 11.9. The number of urea groups is 1. The smallest absolute Gasteiger partial charge is 0.321 e. The molecular formula is C16H17N5O3. The van der Waals surface area contributed by atoms with E-state index < -0.39 is 12.1 Å². The molecule has 0 spiro atoms. The zero-order valence-electron chi connectivity index (χ0n) is 12.8. The molecule has 3 aromatic rings. The minimum atomic E-state index is -0.909. The molecule has 2 aromatic heterocycles. The molecule has 1 aromatic carbocycles. The standard InChI is InChI=1S/C16H17N5O3/c22-13(14-7-4-8-24-14)9-17-16(23)19-15-20-18-11-21(15)10-12-5-2-1-3-6-12/h1-8,11,13,22H,9-10H2,(H2,17,19,20,23)/t13-/m1/s1. The molecule has 3 rings (SSSR count). The van der Waals surface area contributed by atoms with Crippen molar-refractivity contribution in [2.24, 2.45) is 0 Å². The highest BCUT2D eigenvalue weighted by atomic mass is 16.4. The van der Waals surface area contributed by atoms with Crippen molar-refractivity contribution in [3.05, 3.63) is 66.4 Å². The van der Waals surface area contributed by atoms with E-state index in [2.05, 4.69) is 20.8 Å². The van der Waals surface area contributed by atoms with Crippen molar-refractivity contribution in [1.82, 2.24) is 20.1 Å². The largest absolute Gasteiger partial charge is 0.467 e. The average molecular weight is 327 g/mol. The van der Waals surface area contributed by atoms with Crippen LogP contribution in [-0.4, -0.2) is 32.4 Å². The van der Waals surface area contributed by atoms with Crippen LogP contribution in [0.15, 0.2) is 59.5 Å². The number of nitrogens with one attached hydrogen (secondary N) is 2. The summed E-state index contributed by atoms with van der Waals surface area (Å²) in [5, 5.41) is 22.7. The summed E-state index contributed by atoms with van der Waals surface area (Å²) in [7, 11) is 0. The van der Waals surface area contributed by atoms with E-state index in [-0.39, 0.29) is 6.54 Å². The fourth-order valence-corrected chi connectivity index (χ4v) is 2.16. The quantitative estimate of drug-likeness (QED) is 0.640. The fourth-order valence-electron chi connectivity index (χ4n) is 2.16. The molecule has 24 heavy (non-hydrogen) atoms. The third-order valence-electron chi connectivity index (χ3n) is 3.36. The number of amides is 2. The first kappa shape index (κ1) is 15.8. The van der Waals surface area contributed by atoms with Crippen LogP contribution in [0.2, 0.25) is 0 Å². The molecule has 0 fully saturated rings. The van der Waals surface area contributed by atoms with Crippen molar-refractivity contribution in [3.63, 3.8) is 0 Å². The Kier molecular flexibility index (Phi) is 4.87. The lowest BCUT2D eigenvalue weighted by atomic mass is 10.2. The van der Waals surface area contributed by atoms with Crippen LogP contribution in [0.4, 0.5) is 10.7 Å². The van der Waals surface area contributed by atoms with Crippen molar-refractivity contribution in [2.45, 2.75) is 12.6 Å². The number of benzene rings is 1. The third kappa shape index (κ3) is 3.99. The molecule has 0 aliphatic carbocycles. The number of anilines is 1. The van der Waals surface area contributed by atoms with Crippen molar-refractivity contribution in [2.75, 3.05) is 11.9 Å². The van der Waals surface area contributed by atoms with Crippen molar-refractivity contribution in [3.8, 4) is 0 Å². The first-order valence-electron chi connectivity index (χ1n) is 7.40. The number of carbonyl (C=O) groups is 1. The van der Waals surface area contributed by atoms with Gasteiger partial charge in [0.05, 0.1) is 19.4 Å². The minimum Gasteiger partial charge on any atom is -0.467 e. The van der Waals surface area contributed by atoms with E-state index in [4.69, 9.17) is 4.42 Å². The molecule has 0 bridgehead atoms. The summed E-state index contributed by atoms with van der Waals surface area (Å²) in [5.74, 6) is 0.714. The van der Waals surface area contributed by atoms with Crippen molar-refractivity contribution in [1.29, 1.82) is 0 Å². The summed E-state index contributed by atoms with van der Waals surface area (Å²) >= 11 is 0. The molecule has 0 aliphatic rings. The molecule has 0 saturated carbocycles. The van der Waals surface area contributed by atoms with E-state index in [0.29, 0.717) is 18.3 Å². The molecule has 0 radical (unpaired) electrons. The van der Waals surface area contributed by atoms with Gasteiger partial charge in [0.25, 0.3) is 0 Å². The van der Waals surface area contributed by atoms with Gasteiger partial charge in [0, 0.05) is 0 Å². The summed E-state index contributed by atoms with van der Waals surface area (Å²) in [6.45, 7) is 0.560. The Morgan fingerprint density at radius 3 is 2.83 bits per heavy atom. The number of hydrogen-bond donors (Lipinski definition) is 3. The number of aromatic nitrogens is 3. The van der Waals surface area contributed by atoms with Gasteiger partial charge in [-0.3, -0.25) is 9.88 Å². The Morgan fingerprint density at radius 1 is 1.25 bits per heavy atom. The van der Waals surface area contributed by atoms with Gasteiger partial charge in [0.15, 0.2) is 0 Å². The van der Waals surface area contributed by atoms with Crippen molar-refractivity contribution < 1.29 is 14.3 Å². The lowest BCUT2D eigenvalue weighted by molar-refractivity contribution is 0.149. The van der Waals surface area contributed by atoms with Crippen LogP contribution < -0.4 is 10.6 Å².